The smallest absolute Gasteiger partial charge is 0.254 e. The predicted molar refractivity (Wildman–Crippen MR) is 111 cm³/mol. The van der Waals surface area contributed by atoms with Gasteiger partial charge in [-0.25, -0.2) is 0 Å². The number of aromatic nitrogens is 3. The van der Waals surface area contributed by atoms with Crippen LogP contribution in [0.2, 0.25) is 5.02 Å². The third kappa shape index (κ3) is 3.79. The van der Waals surface area contributed by atoms with E-state index in [4.69, 9.17) is 21.1 Å². The summed E-state index contributed by atoms with van der Waals surface area (Å²) in [6.07, 6.45) is 1.66. The molecule has 1 aliphatic heterocycles. The van der Waals surface area contributed by atoms with Gasteiger partial charge in [-0.2, -0.15) is 9.97 Å². The van der Waals surface area contributed by atoms with E-state index in [0.717, 1.165) is 5.39 Å². The van der Waals surface area contributed by atoms with Crippen molar-refractivity contribution in [3.05, 3.63) is 35.0 Å². The van der Waals surface area contributed by atoms with Crippen molar-refractivity contribution >= 4 is 46.0 Å². The number of aromatic amines is 1. The summed E-state index contributed by atoms with van der Waals surface area (Å²) in [7, 11) is 3.32. The Kier molecular flexibility index (Phi) is 5.41. The standard InChI is InChI=1S/C19H21ClN6O3/c1-21-16-15-12(20)10-22-17(15)25-19(24-16)23-13-4-3-11(9-14(13)28-2)18(27)26-5-7-29-8-6-26/h3-4,9-10H,5-8H2,1-2H3,(H3,21,22,23,24,25). The highest BCUT2D eigenvalue weighted by atomic mass is 35.5. The quantitative estimate of drug-likeness (QED) is 0.587. The number of carbonyl (C=O) groups excluding carboxylic acids is 1. The average Bonchev–Trinajstić information content (AvgIpc) is 3.14. The molecule has 3 heterocycles. The van der Waals surface area contributed by atoms with Crippen molar-refractivity contribution < 1.29 is 14.3 Å². The molecule has 0 aliphatic carbocycles. The lowest BCUT2D eigenvalue weighted by Gasteiger charge is -2.27. The molecule has 0 radical (unpaired) electrons. The van der Waals surface area contributed by atoms with Crippen molar-refractivity contribution in [2.24, 2.45) is 0 Å². The highest BCUT2D eigenvalue weighted by Gasteiger charge is 2.20. The van der Waals surface area contributed by atoms with Crippen LogP contribution in [-0.2, 0) is 4.74 Å². The Morgan fingerprint density at radius 3 is 2.83 bits per heavy atom. The summed E-state index contributed by atoms with van der Waals surface area (Å²) in [6.45, 7) is 2.28. The van der Waals surface area contributed by atoms with Crippen LogP contribution in [0.1, 0.15) is 10.4 Å². The van der Waals surface area contributed by atoms with Gasteiger partial charge in [-0.05, 0) is 18.2 Å². The summed E-state index contributed by atoms with van der Waals surface area (Å²) < 4.78 is 10.8. The van der Waals surface area contributed by atoms with E-state index in [0.29, 0.717) is 65.7 Å². The molecule has 4 rings (SSSR count). The molecule has 1 aliphatic rings. The number of hydrogen-bond donors (Lipinski definition) is 3. The normalized spacial score (nSPS) is 14.1. The van der Waals surface area contributed by atoms with Gasteiger partial charge in [0, 0.05) is 31.9 Å². The van der Waals surface area contributed by atoms with Crippen LogP contribution in [0.25, 0.3) is 11.0 Å². The van der Waals surface area contributed by atoms with E-state index in [1.807, 2.05) is 0 Å². The maximum Gasteiger partial charge on any atom is 0.254 e. The maximum atomic E-state index is 12.7. The molecular weight excluding hydrogens is 396 g/mol. The van der Waals surface area contributed by atoms with Gasteiger partial charge in [-0.3, -0.25) is 4.79 Å². The Balaban J connectivity index is 1.62. The second-order valence-electron chi connectivity index (χ2n) is 6.45. The van der Waals surface area contributed by atoms with Crippen LogP contribution in [0.4, 0.5) is 17.5 Å². The number of morpholine rings is 1. The van der Waals surface area contributed by atoms with Crippen molar-refractivity contribution in [3.63, 3.8) is 0 Å². The number of ether oxygens (including phenoxy) is 2. The number of carbonyl (C=O) groups is 1. The van der Waals surface area contributed by atoms with Gasteiger partial charge < -0.3 is 30.0 Å². The molecule has 3 aromatic rings. The third-order valence-electron chi connectivity index (χ3n) is 4.71. The van der Waals surface area contributed by atoms with Crippen LogP contribution < -0.4 is 15.4 Å². The van der Waals surface area contributed by atoms with Gasteiger partial charge in [0.05, 0.1) is 36.4 Å². The van der Waals surface area contributed by atoms with E-state index in [1.54, 1.807) is 43.5 Å². The van der Waals surface area contributed by atoms with Crippen molar-refractivity contribution in [2.75, 3.05) is 51.1 Å². The molecule has 29 heavy (non-hydrogen) atoms. The first-order chi connectivity index (χ1) is 14.1. The van der Waals surface area contributed by atoms with Crippen molar-refractivity contribution in [2.45, 2.75) is 0 Å². The first-order valence-electron chi connectivity index (χ1n) is 9.15. The molecule has 152 valence electrons. The molecule has 1 fully saturated rings. The van der Waals surface area contributed by atoms with Crippen molar-refractivity contribution in [1.29, 1.82) is 0 Å². The van der Waals surface area contributed by atoms with Crippen LogP contribution in [0.3, 0.4) is 0 Å². The SMILES string of the molecule is CNc1nc(Nc2ccc(C(=O)N3CCOCC3)cc2OC)nc2[nH]cc(Cl)c12. The molecule has 10 heteroatoms. The largest absolute Gasteiger partial charge is 0.495 e. The van der Waals surface area contributed by atoms with Crippen molar-refractivity contribution in [3.8, 4) is 5.75 Å². The van der Waals surface area contributed by atoms with E-state index in [1.165, 1.54) is 0 Å². The fourth-order valence-corrected chi connectivity index (χ4v) is 3.46. The molecule has 2 aromatic heterocycles. The molecule has 1 saturated heterocycles. The average molecular weight is 417 g/mol. The molecule has 1 aromatic carbocycles. The van der Waals surface area contributed by atoms with Gasteiger partial charge in [0.2, 0.25) is 5.95 Å². The molecular formula is C19H21ClN6O3. The summed E-state index contributed by atoms with van der Waals surface area (Å²) in [4.78, 5) is 26.4. The number of nitrogens with zero attached hydrogens (tertiary/aromatic N) is 3. The van der Waals surface area contributed by atoms with Gasteiger partial charge in [-0.1, -0.05) is 11.6 Å². The molecule has 0 atom stereocenters. The Labute approximate surface area is 172 Å². The Hall–Kier alpha value is -3.04. The van der Waals surface area contributed by atoms with Gasteiger partial charge in [-0.15, -0.1) is 0 Å². The number of amides is 1. The number of nitrogens with one attached hydrogen (secondary N) is 3. The maximum absolute atomic E-state index is 12.7. The zero-order valence-electron chi connectivity index (χ0n) is 16.1. The summed E-state index contributed by atoms with van der Waals surface area (Å²) >= 11 is 6.19. The van der Waals surface area contributed by atoms with E-state index in [2.05, 4.69) is 25.6 Å². The molecule has 0 saturated carbocycles. The lowest BCUT2D eigenvalue weighted by molar-refractivity contribution is 0.0302. The summed E-state index contributed by atoms with van der Waals surface area (Å²) in [6, 6.07) is 5.25. The fourth-order valence-electron chi connectivity index (χ4n) is 3.23. The van der Waals surface area contributed by atoms with Crippen LogP contribution in [-0.4, -0.2) is 66.2 Å². The highest BCUT2D eigenvalue weighted by molar-refractivity contribution is 6.36. The topological polar surface area (TPSA) is 104 Å². The lowest BCUT2D eigenvalue weighted by atomic mass is 10.1. The van der Waals surface area contributed by atoms with E-state index >= 15 is 0 Å². The number of methoxy groups -OCH3 is 1. The first-order valence-corrected chi connectivity index (χ1v) is 9.53. The van der Waals surface area contributed by atoms with E-state index in [9.17, 15) is 4.79 Å². The van der Waals surface area contributed by atoms with Gasteiger partial charge in [0.15, 0.2) is 0 Å². The third-order valence-corrected chi connectivity index (χ3v) is 5.01. The monoisotopic (exact) mass is 416 g/mol. The van der Waals surface area contributed by atoms with Crippen molar-refractivity contribution in [1.82, 2.24) is 19.9 Å². The second-order valence-corrected chi connectivity index (χ2v) is 6.86. The second kappa shape index (κ2) is 8.14. The Morgan fingerprint density at radius 2 is 2.10 bits per heavy atom. The zero-order valence-corrected chi connectivity index (χ0v) is 16.8. The number of fused-ring (bicyclic) bond motifs is 1. The first kappa shape index (κ1) is 19.3. The van der Waals surface area contributed by atoms with Crippen LogP contribution >= 0.6 is 11.6 Å². The summed E-state index contributed by atoms with van der Waals surface area (Å²) in [5.41, 5.74) is 1.80. The number of hydrogen-bond acceptors (Lipinski definition) is 7. The van der Waals surface area contributed by atoms with Crippen LogP contribution in [0.5, 0.6) is 5.75 Å². The summed E-state index contributed by atoms with van der Waals surface area (Å²) in [5, 5.41) is 7.44. The number of H-pyrrole nitrogens is 1. The molecule has 0 bridgehead atoms. The predicted octanol–water partition coefficient (Wildman–Crippen LogP) is 2.88. The molecule has 0 spiro atoms. The minimum atomic E-state index is -0.0469. The van der Waals surface area contributed by atoms with Crippen LogP contribution in [0.15, 0.2) is 24.4 Å². The molecule has 1 amide bonds. The van der Waals surface area contributed by atoms with Gasteiger partial charge in [0.1, 0.15) is 17.2 Å². The minimum absolute atomic E-state index is 0.0469. The van der Waals surface area contributed by atoms with Gasteiger partial charge in [0.25, 0.3) is 5.91 Å². The number of rotatable bonds is 5. The lowest BCUT2D eigenvalue weighted by Crippen LogP contribution is -2.40. The van der Waals surface area contributed by atoms with Gasteiger partial charge >= 0.3 is 0 Å². The Bertz CT molecular complexity index is 1050. The molecule has 9 nitrogen and oxygen atoms in total. The Morgan fingerprint density at radius 1 is 1.31 bits per heavy atom. The minimum Gasteiger partial charge on any atom is -0.495 e. The molecule has 0 unspecified atom stereocenters. The molecule has 3 N–H and O–H groups in total. The highest BCUT2D eigenvalue weighted by Crippen LogP contribution is 2.32. The number of halogens is 1. The fraction of sp³-hybridized carbons (Fsp3) is 0.316. The van der Waals surface area contributed by atoms with E-state index in [-0.39, 0.29) is 5.91 Å². The number of benzene rings is 1. The van der Waals surface area contributed by atoms with Crippen LogP contribution in [0, 0.1) is 0 Å². The summed E-state index contributed by atoms with van der Waals surface area (Å²) in [5.74, 6) is 1.44. The van der Waals surface area contributed by atoms with E-state index < -0.39 is 0 Å². The zero-order chi connectivity index (χ0) is 20.4. The number of anilines is 3.